The molecule has 0 radical (unpaired) electrons. The first kappa shape index (κ1) is 12.4. The SMILES string of the molecule is Cc1c(F)cccc1Nc1cnccc1C(N)=S. The van der Waals surface area contributed by atoms with E-state index in [0.29, 0.717) is 22.5 Å². The van der Waals surface area contributed by atoms with Crippen LogP contribution in [0.15, 0.2) is 36.7 Å². The molecule has 1 aromatic heterocycles. The number of thiocarbonyl (C=S) groups is 1. The van der Waals surface area contributed by atoms with Crippen LogP contribution in [-0.2, 0) is 0 Å². The smallest absolute Gasteiger partial charge is 0.128 e. The lowest BCUT2D eigenvalue weighted by Gasteiger charge is -2.12. The minimum atomic E-state index is -0.263. The number of benzene rings is 1. The number of hydrogen-bond donors (Lipinski definition) is 2. The van der Waals surface area contributed by atoms with Crippen molar-refractivity contribution in [3.8, 4) is 0 Å². The third kappa shape index (κ3) is 2.46. The summed E-state index contributed by atoms with van der Waals surface area (Å²) in [5.41, 5.74) is 8.18. The number of aromatic nitrogens is 1. The van der Waals surface area contributed by atoms with Gasteiger partial charge >= 0.3 is 0 Å². The second kappa shape index (κ2) is 5.10. The lowest BCUT2D eigenvalue weighted by atomic mass is 10.1. The van der Waals surface area contributed by atoms with Crippen LogP contribution in [-0.4, -0.2) is 9.97 Å². The van der Waals surface area contributed by atoms with E-state index in [1.165, 1.54) is 6.07 Å². The summed E-state index contributed by atoms with van der Waals surface area (Å²) in [6.07, 6.45) is 3.22. The van der Waals surface area contributed by atoms with Gasteiger partial charge in [0.1, 0.15) is 10.8 Å². The molecule has 0 atom stereocenters. The van der Waals surface area contributed by atoms with Gasteiger partial charge in [-0.2, -0.15) is 0 Å². The van der Waals surface area contributed by atoms with Crippen LogP contribution in [0.25, 0.3) is 0 Å². The van der Waals surface area contributed by atoms with Gasteiger partial charge in [-0.05, 0) is 25.1 Å². The van der Waals surface area contributed by atoms with E-state index in [1.54, 1.807) is 37.5 Å². The van der Waals surface area contributed by atoms with Crippen molar-refractivity contribution in [1.82, 2.24) is 4.98 Å². The molecule has 0 aliphatic carbocycles. The van der Waals surface area contributed by atoms with Crippen molar-refractivity contribution in [3.63, 3.8) is 0 Å². The predicted molar refractivity (Wildman–Crippen MR) is 74.5 cm³/mol. The molecule has 0 spiro atoms. The van der Waals surface area contributed by atoms with Gasteiger partial charge in [0.15, 0.2) is 0 Å². The summed E-state index contributed by atoms with van der Waals surface area (Å²) >= 11 is 4.96. The molecule has 1 aromatic carbocycles. The van der Waals surface area contributed by atoms with Crippen molar-refractivity contribution in [2.24, 2.45) is 5.73 Å². The van der Waals surface area contributed by atoms with Gasteiger partial charge in [0.05, 0.1) is 11.9 Å². The van der Waals surface area contributed by atoms with Crippen LogP contribution in [0, 0.1) is 12.7 Å². The molecule has 0 bridgehead atoms. The Kier molecular flexibility index (Phi) is 3.53. The largest absolute Gasteiger partial charge is 0.389 e. The molecule has 0 aliphatic rings. The van der Waals surface area contributed by atoms with E-state index in [1.807, 2.05) is 0 Å². The van der Waals surface area contributed by atoms with Gasteiger partial charge in [-0.25, -0.2) is 4.39 Å². The molecule has 0 saturated carbocycles. The van der Waals surface area contributed by atoms with E-state index < -0.39 is 0 Å². The molecule has 0 fully saturated rings. The number of nitrogens with zero attached hydrogens (tertiary/aromatic N) is 1. The molecule has 3 N–H and O–H groups in total. The number of nitrogens with two attached hydrogens (primary N) is 1. The minimum Gasteiger partial charge on any atom is -0.389 e. The van der Waals surface area contributed by atoms with E-state index in [0.717, 1.165) is 0 Å². The molecule has 2 aromatic rings. The maximum absolute atomic E-state index is 13.4. The topological polar surface area (TPSA) is 50.9 Å². The van der Waals surface area contributed by atoms with Crippen LogP contribution in [0.5, 0.6) is 0 Å². The third-order valence-electron chi connectivity index (χ3n) is 2.62. The molecular formula is C13H12FN3S. The third-order valence-corrected chi connectivity index (χ3v) is 2.84. The first-order valence-electron chi connectivity index (χ1n) is 5.35. The highest BCUT2D eigenvalue weighted by Crippen LogP contribution is 2.24. The highest BCUT2D eigenvalue weighted by atomic mass is 32.1. The van der Waals surface area contributed by atoms with Crippen molar-refractivity contribution >= 4 is 28.6 Å². The van der Waals surface area contributed by atoms with E-state index >= 15 is 0 Å². The van der Waals surface area contributed by atoms with Crippen molar-refractivity contribution in [2.75, 3.05) is 5.32 Å². The van der Waals surface area contributed by atoms with Crippen LogP contribution < -0.4 is 11.1 Å². The molecular weight excluding hydrogens is 249 g/mol. The molecule has 2 rings (SSSR count). The fourth-order valence-electron chi connectivity index (χ4n) is 1.60. The van der Waals surface area contributed by atoms with Crippen molar-refractivity contribution in [1.29, 1.82) is 0 Å². The highest BCUT2D eigenvalue weighted by molar-refractivity contribution is 7.80. The Balaban J connectivity index is 2.40. The average molecular weight is 261 g/mol. The van der Waals surface area contributed by atoms with E-state index in [-0.39, 0.29) is 10.8 Å². The first-order chi connectivity index (χ1) is 8.59. The van der Waals surface area contributed by atoms with Gasteiger partial charge in [0.25, 0.3) is 0 Å². The van der Waals surface area contributed by atoms with Crippen LogP contribution in [0.1, 0.15) is 11.1 Å². The number of hydrogen-bond acceptors (Lipinski definition) is 3. The molecule has 0 aliphatic heterocycles. The summed E-state index contributed by atoms with van der Waals surface area (Å²) in [5.74, 6) is -0.263. The zero-order valence-corrected chi connectivity index (χ0v) is 10.6. The summed E-state index contributed by atoms with van der Waals surface area (Å²) in [6, 6.07) is 6.56. The second-order valence-corrected chi connectivity index (χ2v) is 4.26. The van der Waals surface area contributed by atoms with Gasteiger partial charge in [-0.3, -0.25) is 4.98 Å². The average Bonchev–Trinajstić information content (AvgIpc) is 2.35. The molecule has 0 saturated heterocycles. The maximum atomic E-state index is 13.4. The standard InChI is InChI=1S/C13H12FN3S/c1-8-10(14)3-2-4-11(8)17-12-7-16-6-5-9(12)13(15)18/h2-7,17H,1H3,(H2,15,18). The van der Waals surface area contributed by atoms with Crippen molar-refractivity contribution in [3.05, 3.63) is 53.6 Å². The summed E-state index contributed by atoms with van der Waals surface area (Å²) in [4.78, 5) is 4.28. The highest BCUT2D eigenvalue weighted by Gasteiger charge is 2.08. The summed E-state index contributed by atoms with van der Waals surface area (Å²) in [5, 5.41) is 3.09. The van der Waals surface area contributed by atoms with Gasteiger partial charge in [0, 0.05) is 23.0 Å². The Morgan fingerprint density at radius 3 is 2.83 bits per heavy atom. The molecule has 92 valence electrons. The number of halogens is 1. The molecule has 5 heteroatoms. The molecule has 18 heavy (non-hydrogen) atoms. The van der Waals surface area contributed by atoms with E-state index in [9.17, 15) is 4.39 Å². The Morgan fingerprint density at radius 2 is 2.11 bits per heavy atom. The fourth-order valence-corrected chi connectivity index (χ4v) is 1.77. The van der Waals surface area contributed by atoms with E-state index in [2.05, 4.69) is 10.3 Å². The Hall–Kier alpha value is -2.01. The lowest BCUT2D eigenvalue weighted by molar-refractivity contribution is 0.619. The molecule has 3 nitrogen and oxygen atoms in total. The number of pyridine rings is 1. The van der Waals surface area contributed by atoms with E-state index in [4.69, 9.17) is 18.0 Å². The van der Waals surface area contributed by atoms with Crippen LogP contribution in [0.4, 0.5) is 15.8 Å². The van der Waals surface area contributed by atoms with Crippen LogP contribution in [0.3, 0.4) is 0 Å². The summed E-state index contributed by atoms with van der Waals surface area (Å²) in [7, 11) is 0. The number of nitrogens with one attached hydrogen (secondary N) is 1. The van der Waals surface area contributed by atoms with Crippen molar-refractivity contribution < 1.29 is 4.39 Å². The minimum absolute atomic E-state index is 0.263. The van der Waals surface area contributed by atoms with Gasteiger partial charge < -0.3 is 11.1 Å². The van der Waals surface area contributed by atoms with Crippen LogP contribution >= 0.6 is 12.2 Å². The number of rotatable bonds is 3. The fraction of sp³-hybridized carbons (Fsp3) is 0.0769. The molecule has 1 heterocycles. The lowest BCUT2D eigenvalue weighted by Crippen LogP contribution is -2.12. The first-order valence-corrected chi connectivity index (χ1v) is 5.76. The molecule has 0 amide bonds. The Bertz CT molecular complexity index is 599. The summed E-state index contributed by atoms with van der Waals surface area (Å²) < 4.78 is 13.4. The zero-order chi connectivity index (χ0) is 13.1. The van der Waals surface area contributed by atoms with Gasteiger partial charge in [-0.15, -0.1) is 0 Å². The molecule has 0 unspecified atom stereocenters. The monoisotopic (exact) mass is 261 g/mol. The predicted octanol–water partition coefficient (Wildman–Crippen LogP) is 2.91. The quantitative estimate of drug-likeness (QED) is 0.834. The normalized spacial score (nSPS) is 10.1. The second-order valence-electron chi connectivity index (χ2n) is 3.82. The summed E-state index contributed by atoms with van der Waals surface area (Å²) in [6.45, 7) is 1.70. The van der Waals surface area contributed by atoms with Gasteiger partial charge in [-0.1, -0.05) is 18.3 Å². The Morgan fingerprint density at radius 1 is 1.33 bits per heavy atom. The Labute approximate surface area is 110 Å². The van der Waals surface area contributed by atoms with Crippen molar-refractivity contribution in [2.45, 2.75) is 6.92 Å². The van der Waals surface area contributed by atoms with Gasteiger partial charge in [0.2, 0.25) is 0 Å². The maximum Gasteiger partial charge on any atom is 0.128 e. The zero-order valence-electron chi connectivity index (χ0n) is 9.77. The number of anilines is 2. The van der Waals surface area contributed by atoms with Crippen LogP contribution in [0.2, 0.25) is 0 Å².